The molecule has 0 saturated heterocycles. The number of hydrogen-bond acceptors (Lipinski definition) is 4. The number of anilines is 2. The Morgan fingerprint density at radius 1 is 1.62 bits per heavy atom. The first-order chi connectivity index (χ1) is 7.66. The molecule has 1 aliphatic rings. The number of nitrogens with two attached hydrogens (primary N) is 1. The minimum absolute atomic E-state index is 0.524. The van der Waals surface area contributed by atoms with E-state index in [1.807, 2.05) is 6.07 Å². The van der Waals surface area contributed by atoms with Crippen LogP contribution in [0.15, 0.2) is 18.3 Å². The van der Waals surface area contributed by atoms with Crippen LogP contribution in [0.25, 0.3) is 0 Å². The molecular weight excluding hydrogens is 200 g/mol. The number of pyridine rings is 1. The van der Waals surface area contributed by atoms with Crippen molar-refractivity contribution in [3.63, 3.8) is 0 Å². The van der Waals surface area contributed by atoms with Gasteiger partial charge in [-0.1, -0.05) is 0 Å². The van der Waals surface area contributed by atoms with E-state index in [0.29, 0.717) is 6.04 Å². The predicted octanol–water partition coefficient (Wildman–Crippen LogP) is 1.56. The summed E-state index contributed by atoms with van der Waals surface area (Å²) in [7, 11) is 2.19. The zero-order valence-corrected chi connectivity index (χ0v) is 9.98. The summed E-state index contributed by atoms with van der Waals surface area (Å²) in [4.78, 5) is 6.65. The minimum atomic E-state index is 0.524. The molecule has 3 N–H and O–H groups in total. The molecule has 1 aromatic rings. The fraction of sp³-hybridized carbons (Fsp3) is 0.583. The van der Waals surface area contributed by atoms with Crippen LogP contribution in [-0.4, -0.2) is 35.6 Å². The lowest BCUT2D eigenvalue weighted by molar-refractivity contribution is 0.257. The summed E-state index contributed by atoms with van der Waals surface area (Å²) in [6.07, 6.45) is 4.42. The van der Waals surface area contributed by atoms with Crippen LogP contribution in [0.1, 0.15) is 19.8 Å². The van der Waals surface area contributed by atoms with E-state index in [1.165, 1.54) is 12.8 Å². The molecule has 0 spiro atoms. The standard InChI is InChI=1S/C12H20N4/c1-9(16(2)11-3-4-11)8-15-12-7-10(13)5-6-14-12/h5-7,9,11H,3-4,8H2,1-2H3,(H3,13,14,15). The molecule has 88 valence electrons. The second kappa shape index (κ2) is 4.70. The molecule has 1 atom stereocenters. The summed E-state index contributed by atoms with van der Waals surface area (Å²) in [5.41, 5.74) is 6.44. The highest BCUT2D eigenvalue weighted by molar-refractivity contribution is 5.48. The third kappa shape index (κ3) is 2.85. The predicted molar refractivity (Wildman–Crippen MR) is 67.4 cm³/mol. The lowest BCUT2D eigenvalue weighted by Gasteiger charge is -2.24. The molecule has 4 heteroatoms. The van der Waals surface area contributed by atoms with Crippen LogP contribution in [0.3, 0.4) is 0 Å². The first kappa shape index (κ1) is 11.2. The molecule has 16 heavy (non-hydrogen) atoms. The summed E-state index contributed by atoms with van der Waals surface area (Å²) >= 11 is 0. The molecule has 1 aliphatic carbocycles. The highest BCUT2D eigenvalue weighted by Gasteiger charge is 2.28. The van der Waals surface area contributed by atoms with Crippen LogP contribution in [-0.2, 0) is 0 Å². The number of nitrogens with zero attached hydrogens (tertiary/aromatic N) is 2. The van der Waals surface area contributed by atoms with E-state index in [9.17, 15) is 0 Å². The Morgan fingerprint density at radius 3 is 3.00 bits per heavy atom. The zero-order chi connectivity index (χ0) is 11.5. The van der Waals surface area contributed by atoms with E-state index in [-0.39, 0.29) is 0 Å². The van der Waals surface area contributed by atoms with Gasteiger partial charge in [-0.15, -0.1) is 0 Å². The monoisotopic (exact) mass is 220 g/mol. The van der Waals surface area contributed by atoms with Gasteiger partial charge in [0.25, 0.3) is 0 Å². The number of hydrogen-bond donors (Lipinski definition) is 2. The van der Waals surface area contributed by atoms with Gasteiger partial charge in [-0.2, -0.15) is 0 Å². The average molecular weight is 220 g/mol. The van der Waals surface area contributed by atoms with Crippen molar-refractivity contribution in [2.45, 2.75) is 31.8 Å². The van der Waals surface area contributed by atoms with Gasteiger partial charge in [-0.3, -0.25) is 4.90 Å². The van der Waals surface area contributed by atoms with E-state index in [1.54, 1.807) is 12.3 Å². The van der Waals surface area contributed by atoms with Crippen molar-refractivity contribution in [3.8, 4) is 0 Å². The van der Waals surface area contributed by atoms with E-state index in [0.717, 1.165) is 24.1 Å². The molecule has 4 nitrogen and oxygen atoms in total. The molecule has 1 saturated carbocycles. The molecule has 0 aromatic carbocycles. The lowest BCUT2D eigenvalue weighted by Crippen LogP contribution is -2.36. The molecule has 1 fully saturated rings. The Hall–Kier alpha value is -1.29. The van der Waals surface area contributed by atoms with Crippen LogP contribution in [0.2, 0.25) is 0 Å². The van der Waals surface area contributed by atoms with Crippen LogP contribution >= 0.6 is 0 Å². The highest BCUT2D eigenvalue weighted by Crippen LogP contribution is 2.26. The molecule has 2 rings (SSSR count). The van der Waals surface area contributed by atoms with Crippen molar-refractivity contribution in [2.75, 3.05) is 24.6 Å². The zero-order valence-electron chi connectivity index (χ0n) is 9.98. The summed E-state index contributed by atoms with van der Waals surface area (Å²) in [5.74, 6) is 0.857. The van der Waals surface area contributed by atoms with Gasteiger partial charge in [-0.05, 0) is 32.9 Å². The third-order valence-corrected chi connectivity index (χ3v) is 3.18. The Labute approximate surface area is 96.8 Å². The number of rotatable bonds is 5. The Morgan fingerprint density at radius 2 is 2.38 bits per heavy atom. The van der Waals surface area contributed by atoms with Crippen LogP contribution in [0.5, 0.6) is 0 Å². The molecule has 1 aromatic heterocycles. The second-order valence-electron chi connectivity index (χ2n) is 4.60. The molecule has 0 bridgehead atoms. The molecular formula is C12H20N4. The topological polar surface area (TPSA) is 54.2 Å². The van der Waals surface area contributed by atoms with E-state index in [4.69, 9.17) is 5.73 Å². The van der Waals surface area contributed by atoms with Crippen molar-refractivity contribution < 1.29 is 0 Å². The van der Waals surface area contributed by atoms with E-state index in [2.05, 4.69) is 29.2 Å². The van der Waals surface area contributed by atoms with Crippen molar-refractivity contribution in [1.29, 1.82) is 0 Å². The summed E-state index contributed by atoms with van der Waals surface area (Å²) < 4.78 is 0. The maximum atomic E-state index is 5.69. The largest absolute Gasteiger partial charge is 0.399 e. The molecule has 1 heterocycles. The highest BCUT2D eigenvalue weighted by atomic mass is 15.2. The maximum Gasteiger partial charge on any atom is 0.127 e. The van der Waals surface area contributed by atoms with Crippen LogP contribution in [0.4, 0.5) is 11.5 Å². The summed E-state index contributed by atoms with van der Waals surface area (Å²) in [5, 5.41) is 3.32. The summed E-state index contributed by atoms with van der Waals surface area (Å²) in [6, 6.07) is 4.98. The lowest BCUT2D eigenvalue weighted by atomic mass is 10.3. The molecule has 1 unspecified atom stereocenters. The number of nitrogens with one attached hydrogen (secondary N) is 1. The van der Waals surface area contributed by atoms with Gasteiger partial charge in [0.15, 0.2) is 0 Å². The van der Waals surface area contributed by atoms with E-state index >= 15 is 0 Å². The van der Waals surface area contributed by atoms with Crippen LogP contribution < -0.4 is 11.1 Å². The third-order valence-electron chi connectivity index (χ3n) is 3.18. The van der Waals surface area contributed by atoms with Gasteiger partial charge >= 0.3 is 0 Å². The SMILES string of the molecule is CC(CNc1cc(N)ccn1)N(C)C1CC1. The second-order valence-corrected chi connectivity index (χ2v) is 4.60. The van der Waals surface area contributed by atoms with Crippen molar-refractivity contribution in [1.82, 2.24) is 9.88 Å². The van der Waals surface area contributed by atoms with Crippen LogP contribution in [0, 0.1) is 0 Å². The molecule has 0 aliphatic heterocycles. The fourth-order valence-corrected chi connectivity index (χ4v) is 1.78. The number of nitrogen functional groups attached to an aromatic ring is 1. The van der Waals surface area contributed by atoms with Gasteiger partial charge in [0.2, 0.25) is 0 Å². The van der Waals surface area contributed by atoms with Crippen molar-refractivity contribution in [3.05, 3.63) is 18.3 Å². The minimum Gasteiger partial charge on any atom is -0.399 e. The van der Waals surface area contributed by atoms with Gasteiger partial charge in [0.05, 0.1) is 0 Å². The fourth-order valence-electron chi connectivity index (χ4n) is 1.78. The van der Waals surface area contributed by atoms with E-state index < -0.39 is 0 Å². The Kier molecular flexibility index (Phi) is 3.29. The average Bonchev–Trinajstić information content (AvgIpc) is 3.09. The molecule has 0 amide bonds. The number of aromatic nitrogens is 1. The summed E-state index contributed by atoms with van der Waals surface area (Å²) in [6.45, 7) is 3.14. The normalized spacial score (nSPS) is 17.4. The number of likely N-dealkylation sites (N-methyl/N-ethyl adjacent to an activating group) is 1. The Balaban J connectivity index is 1.82. The van der Waals surface area contributed by atoms with Crippen molar-refractivity contribution >= 4 is 11.5 Å². The maximum absolute atomic E-state index is 5.69. The van der Waals surface area contributed by atoms with Gasteiger partial charge in [0.1, 0.15) is 5.82 Å². The smallest absolute Gasteiger partial charge is 0.127 e. The molecule has 0 radical (unpaired) electrons. The quantitative estimate of drug-likeness (QED) is 0.790. The van der Waals surface area contributed by atoms with Gasteiger partial charge < -0.3 is 11.1 Å². The van der Waals surface area contributed by atoms with Gasteiger partial charge in [0, 0.05) is 36.6 Å². The first-order valence-corrected chi connectivity index (χ1v) is 5.84. The van der Waals surface area contributed by atoms with Gasteiger partial charge in [-0.25, -0.2) is 4.98 Å². The van der Waals surface area contributed by atoms with Crippen molar-refractivity contribution in [2.24, 2.45) is 0 Å². The first-order valence-electron chi connectivity index (χ1n) is 5.84. The Bertz CT molecular complexity index is 349.